The quantitative estimate of drug-likeness (QED) is 0.365. The number of H-pyrrole nitrogens is 2. The number of rotatable bonds is 4. The fourth-order valence-corrected chi connectivity index (χ4v) is 3.84. The predicted octanol–water partition coefficient (Wildman–Crippen LogP) is 5.39. The van der Waals surface area contributed by atoms with E-state index in [1.54, 1.807) is 17.1 Å². The van der Waals surface area contributed by atoms with Gasteiger partial charge in [0.2, 0.25) is 0 Å². The van der Waals surface area contributed by atoms with E-state index in [-0.39, 0.29) is 17.6 Å². The van der Waals surface area contributed by atoms with Crippen LogP contribution in [0.2, 0.25) is 5.02 Å². The van der Waals surface area contributed by atoms with Crippen molar-refractivity contribution in [2.24, 2.45) is 0 Å². The average Bonchev–Trinajstić information content (AvgIpc) is 3.46. The van der Waals surface area contributed by atoms with Crippen LogP contribution in [0.1, 0.15) is 30.4 Å². The number of amides is 1. The molecular weight excluding hydrogens is 400 g/mol. The number of fused-ring (bicyclic) bond motifs is 2. The third-order valence-electron chi connectivity index (χ3n) is 5.14. The highest BCUT2D eigenvalue weighted by molar-refractivity contribution is 6.34. The number of hydrogen-bond donors (Lipinski definition) is 3. The lowest BCUT2D eigenvalue weighted by Crippen LogP contribution is -2.14. The second-order valence-electron chi connectivity index (χ2n) is 7.45. The maximum absolute atomic E-state index is 12.9. The van der Waals surface area contributed by atoms with E-state index in [9.17, 15) is 4.79 Å². The van der Waals surface area contributed by atoms with Crippen molar-refractivity contribution in [2.75, 3.05) is 5.32 Å². The molecule has 3 heterocycles. The van der Waals surface area contributed by atoms with E-state index in [2.05, 4.69) is 31.7 Å². The average molecular weight is 419 g/mol. The van der Waals surface area contributed by atoms with Gasteiger partial charge in [0, 0.05) is 34.7 Å². The largest absolute Gasteiger partial charge is 0.361 e. The molecule has 8 heteroatoms. The summed E-state index contributed by atoms with van der Waals surface area (Å²) in [5.41, 5.74) is 4.74. The minimum absolute atomic E-state index is 0.106. The molecule has 3 aromatic heterocycles. The first-order chi connectivity index (χ1) is 14.5. The van der Waals surface area contributed by atoms with E-state index in [1.807, 2.05) is 50.4 Å². The van der Waals surface area contributed by atoms with Gasteiger partial charge in [0.05, 0.1) is 22.4 Å². The van der Waals surface area contributed by atoms with Gasteiger partial charge < -0.3 is 10.3 Å². The molecule has 2 aromatic carbocycles. The van der Waals surface area contributed by atoms with Crippen LogP contribution in [-0.4, -0.2) is 30.9 Å². The molecule has 5 aromatic rings. The fraction of sp³-hybridized carbons (Fsp3) is 0.136. The molecule has 30 heavy (non-hydrogen) atoms. The smallest absolute Gasteiger partial charge is 0.277 e. The molecule has 3 N–H and O–H groups in total. The summed E-state index contributed by atoms with van der Waals surface area (Å²) in [6.07, 6.45) is 5.27. The molecule has 0 saturated heterocycles. The molecule has 1 amide bonds. The summed E-state index contributed by atoms with van der Waals surface area (Å²) in [4.78, 5) is 16.2. The van der Waals surface area contributed by atoms with Crippen LogP contribution in [0.25, 0.3) is 32.9 Å². The van der Waals surface area contributed by atoms with E-state index in [4.69, 9.17) is 11.6 Å². The number of aromatic nitrogens is 5. The molecular formula is C22H19ClN6O. The monoisotopic (exact) mass is 418 g/mol. The minimum Gasteiger partial charge on any atom is -0.361 e. The Morgan fingerprint density at radius 2 is 2.03 bits per heavy atom. The highest BCUT2D eigenvalue weighted by atomic mass is 35.5. The van der Waals surface area contributed by atoms with Gasteiger partial charge in [-0.15, -0.1) is 0 Å². The van der Waals surface area contributed by atoms with Crippen LogP contribution < -0.4 is 5.32 Å². The van der Waals surface area contributed by atoms with Crippen LogP contribution in [0, 0.1) is 0 Å². The lowest BCUT2D eigenvalue weighted by Gasteiger charge is -2.10. The third kappa shape index (κ3) is 3.04. The lowest BCUT2D eigenvalue weighted by atomic mass is 9.99. The number of anilines is 1. The van der Waals surface area contributed by atoms with E-state index in [1.165, 1.54) is 0 Å². The molecule has 0 aliphatic rings. The van der Waals surface area contributed by atoms with Gasteiger partial charge in [-0.25, -0.2) is 0 Å². The summed E-state index contributed by atoms with van der Waals surface area (Å²) in [5.74, 6) is -0.362. The number of carbonyl (C=O) groups is 1. The van der Waals surface area contributed by atoms with Crippen LogP contribution in [0.4, 0.5) is 5.69 Å². The molecule has 150 valence electrons. The fourth-order valence-electron chi connectivity index (χ4n) is 3.62. The van der Waals surface area contributed by atoms with Gasteiger partial charge >= 0.3 is 0 Å². The van der Waals surface area contributed by atoms with Crippen LogP contribution >= 0.6 is 11.6 Å². The molecule has 0 bridgehead atoms. The number of carbonyl (C=O) groups excluding carboxylic acids is 1. The van der Waals surface area contributed by atoms with Crippen molar-refractivity contribution in [3.8, 4) is 11.1 Å². The Bertz CT molecular complexity index is 1390. The Hall–Kier alpha value is -3.58. The zero-order valence-corrected chi connectivity index (χ0v) is 17.2. The van der Waals surface area contributed by atoms with E-state index in [0.29, 0.717) is 10.7 Å². The topological polar surface area (TPSA) is 91.4 Å². The first kappa shape index (κ1) is 18.4. The standard InChI is InChI=1S/C22H19ClN6O/c1-12(2)29-11-17(23)21(28-29)22(30)26-19-8-13(9-20-16(19)10-25-27-20)14-4-3-5-18-15(14)6-7-24-18/h3-12,24H,1-2H3,(H,25,27)(H,26,30). The maximum atomic E-state index is 12.9. The van der Waals surface area contributed by atoms with Gasteiger partial charge in [0.25, 0.3) is 5.91 Å². The zero-order chi connectivity index (χ0) is 20.8. The molecule has 0 aliphatic carbocycles. The summed E-state index contributed by atoms with van der Waals surface area (Å²) >= 11 is 6.26. The van der Waals surface area contributed by atoms with Crippen molar-refractivity contribution in [2.45, 2.75) is 19.9 Å². The number of halogens is 1. The highest BCUT2D eigenvalue weighted by Gasteiger charge is 2.19. The number of nitrogens with one attached hydrogen (secondary N) is 3. The van der Waals surface area contributed by atoms with Crippen molar-refractivity contribution in [1.29, 1.82) is 0 Å². The van der Waals surface area contributed by atoms with Crippen LogP contribution in [0.3, 0.4) is 0 Å². The molecule has 0 saturated carbocycles. The number of benzene rings is 2. The Morgan fingerprint density at radius 1 is 1.17 bits per heavy atom. The molecule has 7 nitrogen and oxygen atoms in total. The molecule has 0 aliphatic heterocycles. The molecule has 0 fully saturated rings. The number of hydrogen-bond acceptors (Lipinski definition) is 3. The predicted molar refractivity (Wildman–Crippen MR) is 119 cm³/mol. The Balaban J connectivity index is 1.59. The molecule has 0 radical (unpaired) electrons. The van der Waals surface area contributed by atoms with Crippen molar-refractivity contribution in [3.05, 3.63) is 65.7 Å². The van der Waals surface area contributed by atoms with Crippen molar-refractivity contribution in [1.82, 2.24) is 25.0 Å². The number of aromatic amines is 2. The second kappa shape index (κ2) is 7.03. The molecule has 0 atom stereocenters. The maximum Gasteiger partial charge on any atom is 0.277 e. The summed E-state index contributed by atoms with van der Waals surface area (Å²) in [6.45, 7) is 3.95. The summed E-state index contributed by atoms with van der Waals surface area (Å²) < 4.78 is 1.67. The van der Waals surface area contributed by atoms with Crippen LogP contribution in [0.5, 0.6) is 0 Å². The van der Waals surface area contributed by atoms with Gasteiger partial charge in [-0.3, -0.25) is 14.6 Å². The van der Waals surface area contributed by atoms with Gasteiger partial charge in [-0.05, 0) is 49.2 Å². The van der Waals surface area contributed by atoms with Gasteiger partial charge in [0.15, 0.2) is 5.69 Å². The zero-order valence-electron chi connectivity index (χ0n) is 16.4. The van der Waals surface area contributed by atoms with Crippen molar-refractivity contribution in [3.63, 3.8) is 0 Å². The van der Waals surface area contributed by atoms with Crippen LogP contribution in [-0.2, 0) is 0 Å². The SMILES string of the molecule is CC(C)n1cc(Cl)c(C(=O)Nc2cc(-c3cccc4[nH]ccc34)cc3[nH]ncc23)n1. The van der Waals surface area contributed by atoms with Crippen LogP contribution in [0.15, 0.2) is 55.0 Å². The Labute approximate surface area is 177 Å². The number of nitrogens with zero attached hydrogens (tertiary/aromatic N) is 3. The van der Waals surface area contributed by atoms with Crippen molar-refractivity contribution < 1.29 is 4.79 Å². The highest BCUT2D eigenvalue weighted by Crippen LogP contribution is 2.34. The van der Waals surface area contributed by atoms with Gasteiger partial charge in [-0.1, -0.05) is 23.7 Å². The summed E-state index contributed by atoms with van der Waals surface area (Å²) in [6, 6.07) is 12.2. The normalized spacial score (nSPS) is 11.6. The third-order valence-corrected chi connectivity index (χ3v) is 5.42. The van der Waals surface area contributed by atoms with E-state index in [0.717, 1.165) is 32.9 Å². The van der Waals surface area contributed by atoms with Gasteiger partial charge in [-0.2, -0.15) is 10.2 Å². The first-order valence-electron chi connectivity index (χ1n) is 9.61. The summed E-state index contributed by atoms with van der Waals surface area (Å²) in [5, 5.41) is 16.7. The van der Waals surface area contributed by atoms with Crippen molar-refractivity contribution >= 4 is 45.0 Å². The summed E-state index contributed by atoms with van der Waals surface area (Å²) in [7, 11) is 0. The second-order valence-corrected chi connectivity index (χ2v) is 7.86. The van der Waals surface area contributed by atoms with E-state index < -0.39 is 0 Å². The first-order valence-corrected chi connectivity index (χ1v) is 9.98. The lowest BCUT2D eigenvalue weighted by molar-refractivity contribution is 0.102. The molecule has 0 unspecified atom stereocenters. The molecule has 0 spiro atoms. The van der Waals surface area contributed by atoms with E-state index >= 15 is 0 Å². The minimum atomic E-state index is -0.362. The Kier molecular flexibility index (Phi) is 4.33. The molecule has 5 rings (SSSR count). The Morgan fingerprint density at radius 3 is 2.83 bits per heavy atom. The van der Waals surface area contributed by atoms with Gasteiger partial charge in [0.1, 0.15) is 0 Å².